The Morgan fingerprint density at radius 3 is 2.08 bits per heavy atom. The van der Waals surface area contributed by atoms with E-state index in [0.29, 0.717) is 0 Å². The summed E-state index contributed by atoms with van der Waals surface area (Å²) < 4.78 is 39.9. The highest BCUT2D eigenvalue weighted by molar-refractivity contribution is 6.81. The van der Waals surface area contributed by atoms with E-state index in [-0.39, 0.29) is 11.6 Å². The third-order valence-corrected chi connectivity index (χ3v) is 7.55. The Kier molecular flexibility index (Phi) is 5.94. The largest absolute Gasteiger partial charge is 0.394 e. The molecule has 0 amide bonds. The minimum absolute atomic E-state index is 0.134. The maximum absolute atomic E-state index is 15.0. The number of Topliss-reactive ketones (excluding diaryl/α,β-unsaturated/α-hetero) is 2. The van der Waals surface area contributed by atoms with Crippen molar-refractivity contribution < 1.29 is 27.2 Å². The maximum Gasteiger partial charge on any atom is 0.377 e. The van der Waals surface area contributed by atoms with Gasteiger partial charge in [0.2, 0.25) is 11.6 Å². The lowest BCUT2D eigenvalue weighted by atomic mass is 10.0. The Morgan fingerprint density at radius 2 is 1.56 bits per heavy atom. The van der Waals surface area contributed by atoms with Gasteiger partial charge in [-0.2, -0.15) is 0 Å². The Balaban J connectivity index is 2.56. The molecule has 0 aliphatic carbocycles. The molecule has 0 radical (unpaired) electrons. The Labute approximate surface area is 145 Å². The number of rotatable bonds is 7. The van der Waals surface area contributed by atoms with Crippen molar-refractivity contribution in [2.24, 2.45) is 0 Å². The van der Waals surface area contributed by atoms with E-state index in [1.807, 2.05) is 0 Å². The second kappa shape index (κ2) is 7.77. The minimum Gasteiger partial charge on any atom is -0.394 e. The van der Waals surface area contributed by atoms with Crippen LogP contribution in [0.5, 0.6) is 0 Å². The molecule has 0 N–H and O–H groups in total. The van der Waals surface area contributed by atoms with Crippen LogP contribution in [0.1, 0.15) is 27.6 Å². The molecule has 25 heavy (non-hydrogen) atoms. The van der Waals surface area contributed by atoms with Crippen LogP contribution in [0, 0.1) is 11.6 Å². The summed E-state index contributed by atoms with van der Waals surface area (Å²) in [6.07, 6.45) is 0. The lowest BCUT2D eigenvalue weighted by Gasteiger charge is -2.27. The van der Waals surface area contributed by atoms with Crippen LogP contribution < -0.4 is 5.19 Å². The summed E-state index contributed by atoms with van der Waals surface area (Å²) in [6, 6.07) is 9.96. The van der Waals surface area contributed by atoms with Gasteiger partial charge in [0.15, 0.2) is 0 Å². The number of carbonyl (C=O) groups is 2. The lowest BCUT2D eigenvalue weighted by Crippen LogP contribution is -2.55. The predicted molar refractivity (Wildman–Crippen MR) is 91.3 cm³/mol. The fraction of sp³-hybridized carbons (Fsp3) is 0.222. The molecule has 0 heterocycles. The molecule has 0 atom stereocenters. The highest BCUT2D eigenvalue weighted by atomic mass is 28.4. The van der Waals surface area contributed by atoms with Gasteiger partial charge in [0.1, 0.15) is 11.6 Å². The fourth-order valence-corrected chi connectivity index (χ4v) is 5.09. The van der Waals surface area contributed by atoms with Crippen LogP contribution in [0.25, 0.3) is 0 Å². The number of ketones is 2. The Hall–Kier alpha value is -2.22. The van der Waals surface area contributed by atoms with E-state index in [2.05, 4.69) is 0 Å². The van der Waals surface area contributed by atoms with Gasteiger partial charge in [-0.1, -0.05) is 37.3 Å². The van der Waals surface area contributed by atoms with Gasteiger partial charge in [-0.15, -0.1) is 0 Å². The van der Waals surface area contributed by atoms with E-state index < -0.39 is 42.5 Å². The number of hydrogen-bond acceptors (Lipinski definition) is 4. The van der Waals surface area contributed by atoms with Gasteiger partial charge >= 0.3 is 8.56 Å². The van der Waals surface area contributed by atoms with Gasteiger partial charge in [-0.25, -0.2) is 8.78 Å². The topological polar surface area (TPSA) is 52.6 Å². The third-order valence-electron chi connectivity index (χ3n) is 4.08. The molecular weight excluding hydrogens is 346 g/mol. The van der Waals surface area contributed by atoms with E-state index in [1.54, 1.807) is 25.1 Å². The standard InChI is InChI=1S/C18H18F2O4Si/c1-4-25(23-2,24-3)18-14(19)11-10-13(15(18)20)17(22)16(21)12-8-6-5-7-9-12/h5-11H,4H2,1-3H3. The van der Waals surface area contributed by atoms with Crippen molar-refractivity contribution in [2.45, 2.75) is 13.0 Å². The van der Waals surface area contributed by atoms with Crippen molar-refractivity contribution in [3.05, 3.63) is 65.2 Å². The molecule has 2 aromatic rings. The van der Waals surface area contributed by atoms with E-state index >= 15 is 0 Å². The van der Waals surface area contributed by atoms with Crippen LogP contribution in [0.2, 0.25) is 6.04 Å². The molecule has 0 fully saturated rings. The summed E-state index contributed by atoms with van der Waals surface area (Å²) in [7, 11) is -0.773. The van der Waals surface area contributed by atoms with Crippen molar-refractivity contribution in [3.63, 3.8) is 0 Å². The zero-order valence-corrected chi connectivity index (χ0v) is 15.1. The van der Waals surface area contributed by atoms with E-state index in [0.717, 1.165) is 12.1 Å². The molecule has 2 rings (SSSR count). The first-order valence-corrected chi connectivity index (χ1v) is 9.67. The summed E-state index contributed by atoms with van der Waals surface area (Å²) in [6.45, 7) is 1.68. The molecule has 2 aromatic carbocycles. The molecule has 132 valence electrons. The molecular formula is C18H18F2O4Si. The Bertz CT molecular complexity index is 781. The average molecular weight is 364 g/mol. The van der Waals surface area contributed by atoms with E-state index in [1.165, 1.54) is 26.4 Å². The van der Waals surface area contributed by atoms with Crippen LogP contribution in [-0.4, -0.2) is 34.3 Å². The number of benzene rings is 2. The fourth-order valence-electron chi connectivity index (χ4n) is 2.67. The van der Waals surface area contributed by atoms with Crippen LogP contribution >= 0.6 is 0 Å². The molecule has 0 aliphatic heterocycles. The molecule has 7 heteroatoms. The van der Waals surface area contributed by atoms with Crippen molar-refractivity contribution in [1.82, 2.24) is 0 Å². The van der Waals surface area contributed by atoms with Crippen LogP contribution in [0.4, 0.5) is 8.78 Å². The SMILES string of the molecule is CC[Si](OC)(OC)c1c(F)ccc(C(=O)C(=O)c2ccccc2)c1F. The molecule has 0 aromatic heterocycles. The quantitative estimate of drug-likeness (QED) is 0.431. The van der Waals surface area contributed by atoms with Gasteiger partial charge in [-0.05, 0) is 18.2 Å². The van der Waals surface area contributed by atoms with Crippen LogP contribution in [0.15, 0.2) is 42.5 Å². The minimum atomic E-state index is -3.39. The first-order chi connectivity index (χ1) is 11.9. The molecule has 0 unspecified atom stereocenters. The van der Waals surface area contributed by atoms with Crippen LogP contribution in [0.3, 0.4) is 0 Å². The van der Waals surface area contributed by atoms with Gasteiger partial charge in [0, 0.05) is 19.8 Å². The molecule has 0 bridgehead atoms. The normalized spacial score (nSPS) is 11.4. The summed E-state index contributed by atoms with van der Waals surface area (Å²) in [5.41, 5.74) is -0.361. The Morgan fingerprint density at radius 1 is 0.960 bits per heavy atom. The summed E-state index contributed by atoms with van der Waals surface area (Å²) in [4.78, 5) is 24.7. The molecule has 0 saturated heterocycles. The first-order valence-electron chi connectivity index (χ1n) is 7.64. The van der Waals surface area contributed by atoms with Gasteiger partial charge in [0.05, 0.1) is 10.8 Å². The van der Waals surface area contributed by atoms with Gasteiger partial charge in [-0.3, -0.25) is 9.59 Å². The molecule has 0 saturated carbocycles. The highest BCUT2D eigenvalue weighted by Crippen LogP contribution is 2.20. The zero-order chi connectivity index (χ0) is 18.6. The number of hydrogen-bond donors (Lipinski definition) is 0. The first kappa shape index (κ1) is 19.1. The number of halogens is 2. The number of carbonyl (C=O) groups excluding carboxylic acids is 2. The third kappa shape index (κ3) is 3.44. The van der Waals surface area contributed by atoms with Crippen molar-refractivity contribution >= 4 is 25.3 Å². The lowest BCUT2D eigenvalue weighted by molar-refractivity contribution is 0.0814. The summed E-state index contributed by atoms with van der Waals surface area (Å²) in [5.74, 6) is -3.88. The smallest absolute Gasteiger partial charge is 0.377 e. The highest BCUT2D eigenvalue weighted by Gasteiger charge is 2.43. The van der Waals surface area contributed by atoms with E-state index in [9.17, 15) is 18.4 Å². The second-order valence-electron chi connectivity index (χ2n) is 5.32. The van der Waals surface area contributed by atoms with Crippen molar-refractivity contribution in [2.75, 3.05) is 14.2 Å². The predicted octanol–water partition coefficient (Wildman–Crippen LogP) is 2.99. The summed E-state index contributed by atoms with van der Waals surface area (Å²) >= 11 is 0. The van der Waals surface area contributed by atoms with Crippen LogP contribution in [-0.2, 0) is 8.85 Å². The average Bonchev–Trinajstić information content (AvgIpc) is 2.65. The second-order valence-corrected chi connectivity index (χ2v) is 8.85. The maximum atomic E-state index is 15.0. The van der Waals surface area contributed by atoms with Gasteiger partial charge < -0.3 is 8.85 Å². The monoisotopic (exact) mass is 364 g/mol. The summed E-state index contributed by atoms with van der Waals surface area (Å²) in [5, 5.41) is -0.397. The van der Waals surface area contributed by atoms with E-state index in [4.69, 9.17) is 8.85 Å². The van der Waals surface area contributed by atoms with Crippen molar-refractivity contribution in [3.8, 4) is 0 Å². The zero-order valence-electron chi connectivity index (χ0n) is 14.1. The van der Waals surface area contributed by atoms with Crippen molar-refractivity contribution in [1.29, 1.82) is 0 Å². The molecule has 0 spiro atoms. The van der Waals surface area contributed by atoms with Gasteiger partial charge in [0.25, 0.3) is 0 Å². The molecule has 0 aliphatic rings. The molecule has 4 nitrogen and oxygen atoms in total.